The number of fused-ring (bicyclic) bond motifs is 1. The molecule has 1 aromatic heterocycles. The van der Waals surface area contributed by atoms with Crippen LogP contribution in [0, 0.1) is 16.0 Å². The Morgan fingerprint density at radius 1 is 1.25 bits per heavy atom. The highest BCUT2D eigenvalue weighted by Gasteiger charge is 2.53. The molecule has 2 atom stereocenters. The first-order chi connectivity index (χ1) is 11.6. The molecule has 0 aliphatic heterocycles. The summed E-state index contributed by atoms with van der Waals surface area (Å²) in [6.45, 7) is 0. The molecular formula is C17H20N4O3. The van der Waals surface area contributed by atoms with Crippen molar-refractivity contribution in [1.82, 2.24) is 9.55 Å². The summed E-state index contributed by atoms with van der Waals surface area (Å²) >= 11 is 0. The fourth-order valence-corrected chi connectivity index (χ4v) is 3.74. The molecule has 1 aromatic carbocycles. The van der Waals surface area contributed by atoms with E-state index >= 15 is 0 Å². The highest BCUT2D eigenvalue weighted by molar-refractivity contribution is 5.95. The number of aromatic nitrogens is 2. The van der Waals surface area contributed by atoms with E-state index < -0.39 is 12.0 Å². The van der Waals surface area contributed by atoms with E-state index in [1.165, 1.54) is 19.3 Å². The average molecular weight is 328 g/mol. The standard InChI is InChI=1S/C17H20N4O3/c22-16(12-10-15(12)21(23)24)19-17-18-13-8-4-5-9-14(13)20(17)11-6-2-1-3-7-11/h4-5,8-9,11-12,15H,1-3,6-7,10H2,(H,18,19,22)/t12-,15-/m1/s1. The molecule has 7 heteroatoms. The molecule has 7 nitrogen and oxygen atoms in total. The lowest BCUT2D eigenvalue weighted by Gasteiger charge is -2.25. The Morgan fingerprint density at radius 3 is 2.71 bits per heavy atom. The Bertz CT molecular complexity index is 794. The van der Waals surface area contributed by atoms with Crippen molar-refractivity contribution < 1.29 is 9.72 Å². The molecule has 2 fully saturated rings. The summed E-state index contributed by atoms with van der Waals surface area (Å²) in [5, 5.41) is 13.6. The lowest BCUT2D eigenvalue weighted by molar-refractivity contribution is -0.497. The molecule has 126 valence electrons. The van der Waals surface area contributed by atoms with E-state index in [2.05, 4.69) is 14.9 Å². The first kappa shape index (κ1) is 15.1. The van der Waals surface area contributed by atoms with E-state index in [4.69, 9.17) is 0 Å². The number of rotatable bonds is 4. The first-order valence-corrected chi connectivity index (χ1v) is 8.56. The summed E-state index contributed by atoms with van der Waals surface area (Å²) in [4.78, 5) is 27.3. The second-order valence-electron chi connectivity index (χ2n) is 6.77. The van der Waals surface area contributed by atoms with Crippen molar-refractivity contribution in [3.05, 3.63) is 34.4 Å². The van der Waals surface area contributed by atoms with Crippen molar-refractivity contribution in [2.24, 2.45) is 5.92 Å². The van der Waals surface area contributed by atoms with Crippen LogP contribution in [0.2, 0.25) is 0 Å². The molecule has 0 radical (unpaired) electrons. The zero-order chi connectivity index (χ0) is 16.7. The van der Waals surface area contributed by atoms with Gasteiger partial charge in [0.25, 0.3) is 0 Å². The van der Waals surface area contributed by atoms with Gasteiger partial charge in [0.2, 0.25) is 17.9 Å². The number of hydrogen-bond acceptors (Lipinski definition) is 4. The smallest absolute Gasteiger partial charge is 0.237 e. The summed E-state index contributed by atoms with van der Waals surface area (Å²) in [6.07, 6.45) is 6.07. The normalized spacial score (nSPS) is 24.0. The van der Waals surface area contributed by atoms with Crippen LogP contribution in [-0.4, -0.2) is 26.4 Å². The van der Waals surface area contributed by atoms with Crippen LogP contribution in [0.25, 0.3) is 11.0 Å². The Hall–Kier alpha value is -2.44. The van der Waals surface area contributed by atoms with Crippen LogP contribution in [0.5, 0.6) is 0 Å². The van der Waals surface area contributed by atoms with E-state index in [9.17, 15) is 14.9 Å². The van der Waals surface area contributed by atoms with E-state index in [1.807, 2.05) is 24.3 Å². The highest BCUT2D eigenvalue weighted by Crippen LogP contribution is 2.37. The van der Waals surface area contributed by atoms with Gasteiger partial charge in [-0.15, -0.1) is 0 Å². The third kappa shape index (κ3) is 2.64. The van der Waals surface area contributed by atoms with Crippen LogP contribution in [0.4, 0.5) is 5.95 Å². The van der Waals surface area contributed by atoms with Crippen LogP contribution in [0.15, 0.2) is 24.3 Å². The molecule has 2 aliphatic rings. The predicted molar refractivity (Wildman–Crippen MR) is 89.4 cm³/mol. The third-order valence-electron chi connectivity index (χ3n) is 5.13. The monoisotopic (exact) mass is 328 g/mol. The fourth-order valence-electron chi connectivity index (χ4n) is 3.74. The first-order valence-electron chi connectivity index (χ1n) is 8.56. The molecule has 0 bridgehead atoms. The number of amides is 1. The van der Waals surface area contributed by atoms with E-state index in [1.54, 1.807) is 0 Å². The zero-order valence-electron chi connectivity index (χ0n) is 13.4. The number of carbonyl (C=O) groups is 1. The number of nitro groups is 1. The number of benzene rings is 1. The molecule has 2 aliphatic carbocycles. The molecular weight excluding hydrogens is 308 g/mol. The number of nitrogens with one attached hydrogen (secondary N) is 1. The van der Waals surface area contributed by atoms with Crippen molar-refractivity contribution in [3.8, 4) is 0 Å². The Morgan fingerprint density at radius 2 is 2.00 bits per heavy atom. The minimum atomic E-state index is -0.738. The van der Waals surface area contributed by atoms with Crippen molar-refractivity contribution in [2.75, 3.05) is 5.32 Å². The van der Waals surface area contributed by atoms with E-state index in [0.29, 0.717) is 18.4 Å². The summed E-state index contributed by atoms with van der Waals surface area (Å²) in [6, 6.07) is 7.43. The molecule has 4 rings (SSSR count). The van der Waals surface area contributed by atoms with Gasteiger partial charge in [0.15, 0.2) is 0 Å². The van der Waals surface area contributed by atoms with Crippen LogP contribution >= 0.6 is 0 Å². The van der Waals surface area contributed by atoms with Crippen LogP contribution in [0.1, 0.15) is 44.6 Å². The molecule has 0 spiro atoms. The van der Waals surface area contributed by atoms with Crippen molar-refractivity contribution in [1.29, 1.82) is 0 Å². The van der Waals surface area contributed by atoms with E-state index in [-0.39, 0.29) is 10.8 Å². The topological polar surface area (TPSA) is 90.1 Å². The lowest BCUT2D eigenvalue weighted by Crippen LogP contribution is -2.23. The van der Waals surface area contributed by atoms with Gasteiger partial charge in [0.1, 0.15) is 5.92 Å². The molecule has 1 heterocycles. The number of hydrogen-bond donors (Lipinski definition) is 1. The van der Waals surface area contributed by atoms with Gasteiger partial charge in [-0.2, -0.15) is 0 Å². The largest absolute Gasteiger partial charge is 0.307 e. The van der Waals surface area contributed by atoms with Gasteiger partial charge in [-0.05, 0) is 25.0 Å². The minimum absolute atomic E-state index is 0.288. The molecule has 0 unspecified atom stereocenters. The SMILES string of the molecule is O=C(Nc1nc2ccccc2n1C1CCCCC1)[C@@H]1C[C@H]1[N+](=O)[O-]. The Labute approximate surface area is 139 Å². The molecule has 1 N–H and O–H groups in total. The van der Waals surface area contributed by atoms with Gasteiger partial charge in [0, 0.05) is 17.4 Å². The number of carbonyl (C=O) groups excluding carboxylic acids is 1. The molecule has 24 heavy (non-hydrogen) atoms. The van der Waals surface area contributed by atoms with Gasteiger partial charge in [-0.1, -0.05) is 31.4 Å². The Kier molecular flexibility index (Phi) is 3.70. The summed E-state index contributed by atoms with van der Waals surface area (Å²) in [5.41, 5.74) is 1.86. The third-order valence-corrected chi connectivity index (χ3v) is 5.13. The highest BCUT2D eigenvalue weighted by atomic mass is 16.6. The molecule has 1 amide bonds. The second-order valence-corrected chi connectivity index (χ2v) is 6.77. The maximum absolute atomic E-state index is 12.3. The summed E-state index contributed by atoms with van der Waals surface area (Å²) in [5.74, 6) is -0.286. The van der Waals surface area contributed by atoms with Crippen LogP contribution in [0.3, 0.4) is 0 Å². The number of para-hydroxylation sites is 2. The number of nitrogens with zero attached hydrogens (tertiary/aromatic N) is 3. The molecule has 2 saturated carbocycles. The van der Waals surface area contributed by atoms with Gasteiger partial charge < -0.3 is 4.57 Å². The lowest BCUT2D eigenvalue weighted by atomic mass is 9.95. The predicted octanol–water partition coefficient (Wildman–Crippen LogP) is 3.15. The zero-order valence-corrected chi connectivity index (χ0v) is 13.4. The van der Waals surface area contributed by atoms with Crippen molar-refractivity contribution in [2.45, 2.75) is 50.6 Å². The van der Waals surface area contributed by atoms with Gasteiger partial charge in [-0.25, -0.2) is 4.98 Å². The van der Waals surface area contributed by atoms with E-state index in [0.717, 1.165) is 23.9 Å². The maximum Gasteiger partial charge on any atom is 0.237 e. The minimum Gasteiger partial charge on any atom is -0.307 e. The molecule has 2 aromatic rings. The van der Waals surface area contributed by atoms with Crippen LogP contribution < -0.4 is 5.32 Å². The second kappa shape index (κ2) is 5.89. The van der Waals surface area contributed by atoms with Gasteiger partial charge >= 0.3 is 0 Å². The van der Waals surface area contributed by atoms with Gasteiger partial charge in [-0.3, -0.25) is 20.2 Å². The average Bonchev–Trinajstić information content (AvgIpc) is 3.32. The molecule has 0 saturated heterocycles. The summed E-state index contributed by atoms with van der Waals surface area (Å²) in [7, 11) is 0. The van der Waals surface area contributed by atoms with Gasteiger partial charge in [0.05, 0.1) is 11.0 Å². The Balaban J connectivity index is 1.64. The van der Waals surface area contributed by atoms with Crippen molar-refractivity contribution in [3.63, 3.8) is 0 Å². The van der Waals surface area contributed by atoms with Crippen molar-refractivity contribution >= 4 is 22.9 Å². The quantitative estimate of drug-likeness (QED) is 0.689. The maximum atomic E-state index is 12.3. The summed E-state index contributed by atoms with van der Waals surface area (Å²) < 4.78 is 2.12. The fraction of sp³-hybridized carbons (Fsp3) is 0.529. The number of anilines is 1. The van der Waals surface area contributed by atoms with Crippen LogP contribution in [-0.2, 0) is 4.79 Å². The number of imidazole rings is 1.